The summed E-state index contributed by atoms with van der Waals surface area (Å²) < 4.78 is 13.7. The van der Waals surface area contributed by atoms with Crippen molar-refractivity contribution >= 4 is 11.8 Å². The topological polar surface area (TPSA) is 62.3 Å². The lowest BCUT2D eigenvalue weighted by atomic mass is 10.0. The van der Waals surface area contributed by atoms with Gasteiger partial charge in [0.15, 0.2) is 0 Å². The van der Waals surface area contributed by atoms with Crippen molar-refractivity contribution in [2.45, 2.75) is 6.42 Å². The highest BCUT2D eigenvalue weighted by Crippen LogP contribution is 2.14. The van der Waals surface area contributed by atoms with Gasteiger partial charge >= 0.3 is 0 Å². The number of carbonyl (C=O) groups is 2. The van der Waals surface area contributed by atoms with Gasteiger partial charge in [0.25, 0.3) is 5.91 Å². The van der Waals surface area contributed by atoms with Crippen LogP contribution in [0.25, 0.3) is 0 Å². The van der Waals surface area contributed by atoms with Gasteiger partial charge < -0.3 is 10.2 Å². The molecular formula is C17H16FN3O2. The molecule has 0 bridgehead atoms. The first kappa shape index (κ1) is 15.1. The van der Waals surface area contributed by atoms with Crippen LogP contribution < -0.4 is 5.32 Å². The van der Waals surface area contributed by atoms with E-state index in [9.17, 15) is 14.0 Å². The van der Waals surface area contributed by atoms with Gasteiger partial charge in [0.05, 0.1) is 12.1 Å². The van der Waals surface area contributed by atoms with Crippen molar-refractivity contribution in [3.63, 3.8) is 0 Å². The Hall–Kier alpha value is -2.76. The van der Waals surface area contributed by atoms with Gasteiger partial charge in [-0.15, -0.1) is 0 Å². The molecule has 1 fully saturated rings. The third kappa shape index (κ3) is 3.53. The first-order valence-electron chi connectivity index (χ1n) is 7.37. The maximum Gasteiger partial charge on any atom is 0.255 e. The molecule has 1 aliphatic rings. The van der Waals surface area contributed by atoms with Crippen molar-refractivity contribution in [1.82, 2.24) is 15.2 Å². The maximum atomic E-state index is 13.7. The van der Waals surface area contributed by atoms with Crippen LogP contribution in [0.2, 0.25) is 0 Å². The second-order valence-corrected chi connectivity index (χ2v) is 5.43. The van der Waals surface area contributed by atoms with Crippen molar-refractivity contribution < 1.29 is 14.0 Å². The number of amides is 2. The Kier molecular flexibility index (Phi) is 4.32. The van der Waals surface area contributed by atoms with Crippen LogP contribution in [0, 0.1) is 5.82 Å². The van der Waals surface area contributed by atoms with Crippen LogP contribution in [0.4, 0.5) is 4.39 Å². The summed E-state index contributed by atoms with van der Waals surface area (Å²) in [5.41, 5.74) is 1.71. The monoisotopic (exact) mass is 313 g/mol. The molecule has 1 aromatic heterocycles. The van der Waals surface area contributed by atoms with Crippen LogP contribution in [0.5, 0.6) is 0 Å². The fourth-order valence-corrected chi connectivity index (χ4v) is 2.56. The number of halogens is 1. The summed E-state index contributed by atoms with van der Waals surface area (Å²) in [5.74, 6) is -0.681. The Labute approximate surface area is 133 Å². The molecule has 0 unspecified atom stereocenters. The average molecular weight is 313 g/mol. The fraction of sp³-hybridized carbons (Fsp3) is 0.235. The Morgan fingerprint density at radius 3 is 2.91 bits per heavy atom. The standard InChI is InChI=1S/C17H16FN3O2/c18-15-4-2-1-3-13(15)7-12-8-14(10-19-9-12)17(23)21-6-5-20-16(22)11-21/h1-4,8-10H,5-7,11H2,(H,20,22). The smallest absolute Gasteiger partial charge is 0.255 e. The van der Waals surface area contributed by atoms with Gasteiger partial charge in [0.2, 0.25) is 5.91 Å². The fourth-order valence-electron chi connectivity index (χ4n) is 2.56. The highest BCUT2D eigenvalue weighted by Gasteiger charge is 2.22. The Morgan fingerprint density at radius 1 is 1.30 bits per heavy atom. The molecule has 118 valence electrons. The molecule has 1 aliphatic heterocycles. The molecule has 1 aromatic carbocycles. The summed E-state index contributed by atoms with van der Waals surface area (Å²) in [7, 11) is 0. The van der Waals surface area contributed by atoms with Crippen LogP contribution in [0.15, 0.2) is 42.7 Å². The largest absolute Gasteiger partial charge is 0.353 e. The predicted octanol–water partition coefficient (Wildman–Crippen LogP) is 1.38. The molecule has 2 heterocycles. The SMILES string of the molecule is O=C1CN(C(=O)c2cncc(Cc3ccccc3F)c2)CCN1. The minimum Gasteiger partial charge on any atom is -0.353 e. The second-order valence-electron chi connectivity index (χ2n) is 5.43. The normalized spacial score (nSPS) is 14.5. The van der Waals surface area contributed by atoms with Crippen LogP contribution in [-0.2, 0) is 11.2 Å². The number of benzene rings is 1. The van der Waals surface area contributed by atoms with Crippen molar-refractivity contribution in [3.05, 3.63) is 65.2 Å². The number of pyridine rings is 1. The second kappa shape index (κ2) is 6.56. The van der Waals surface area contributed by atoms with Gasteiger partial charge in [-0.1, -0.05) is 18.2 Å². The number of nitrogens with zero attached hydrogens (tertiary/aromatic N) is 2. The third-order valence-corrected chi connectivity index (χ3v) is 3.72. The summed E-state index contributed by atoms with van der Waals surface area (Å²) in [6.07, 6.45) is 3.45. The Bertz CT molecular complexity index is 748. The minimum absolute atomic E-state index is 0.0520. The molecule has 0 spiro atoms. The highest BCUT2D eigenvalue weighted by atomic mass is 19.1. The third-order valence-electron chi connectivity index (χ3n) is 3.72. The summed E-state index contributed by atoms with van der Waals surface area (Å²) in [5, 5.41) is 2.68. The van der Waals surface area contributed by atoms with Gasteiger partial charge in [-0.3, -0.25) is 14.6 Å². The van der Waals surface area contributed by atoms with Crippen LogP contribution in [-0.4, -0.2) is 41.3 Å². The molecule has 1 N–H and O–H groups in total. The van der Waals surface area contributed by atoms with Crippen LogP contribution in [0.1, 0.15) is 21.5 Å². The zero-order valence-electron chi connectivity index (χ0n) is 12.5. The van der Waals surface area contributed by atoms with E-state index in [-0.39, 0.29) is 24.2 Å². The quantitative estimate of drug-likeness (QED) is 0.931. The molecule has 23 heavy (non-hydrogen) atoms. The van der Waals surface area contributed by atoms with E-state index in [0.29, 0.717) is 30.6 Å². The highest BCUT2D eigenvalue weighted by molar-refractivity contribution is 5.96. The van der Waals surface area contributed by atoms with Crippen molar-refractivity contribution in [3.8, 4) is 0 Å². The van der Waals surface area contributed by atoms with E-state index in [2.05, 4.69) is 10.3 Å². The maximum absolute atomic E-state index is 13.7. The zero-order chi connectivity index (χ0) is 16.2. The molecule has 1 saturated heterocycles. The van der Waals surface area contributed by atoms with Gasteiger partial charge in [-0.2, -0.15) is 0 Å². The minimum atomic E-state index is -0.281. The summed E-state index contributed by atoms with van der Waals surface area (Å²) in [4.78, 5) is 29.4. The molecule has 0 atom stereocenters. The van der Waals surface area contributed by atoms with Crippen LogP contribution in [0.3, 0.4) is 0 Å². The lowest BCUT2D eigenvalue weighted by Crippen LogP contribution is -2.50. The van der Waals surface area contributed by atoms with E-state index in [1.165, 1.54) is 17.2 Å². The van der Waals surface area contributed by atoms with Crippen molar-refractivity contribution in [2.24, 2.45) is 0 Å². The van der Waals surface area contributed by atoms with E-state index < -0.39 is 0 Å². The zero-order valence-corrected chi connectivity index (χ0v) is 12.5. The average Bonchev–Trinajstić information content (AvgIpc) is 2.56. The number of carbonyl (C=O) groups excluding carboxylic acids is 2. The summed E-state index contributed by atoms with van der Waals surface area (Å²) in [6, 6.07) is 8.23. The lowest BCUT2D eigenvalue weighted by Gasteiger charge is -2.26. The molecule has 5 nitrogen and oxygen atoms in total. The Balaban J connectivity index is 1.78. The summed E-state index contributed by atoms with van der Waals surface area (Å²) >= 11 is 0. The van der Waals surface area contributed by atoms with E-state index in [4.69, 9.17) is 0 Å². The number of hydrogen-bond acceptors (Lipinski definition) is 3. The van der Waals surface area contributed by atoms with Gasteiger partial charge in [0, 0.05) is 31.9 Å². The molecule has 0 radical (unpaired) electrons. The molecule has 2 aromatic rings. The number of rotatable bonds is 3. The molecular weight excluding hydrogens is 297 g/mol. The van der Waals surface area contributed by atoms with Crippen molar-refractivity contribution in [1.29, 1.82) is 0 Å². The molecule has 0 aliphatic carbocycles. The number of hydrogen-bond donors (Lipinski definition) is 1. The van der Waals surface area contributed by atoms with Crippen LogP contribution >= 0.6 is 0 Å². The first-order chi connectivity index (χ1) is 11.1. The molecule has 6 heteroatoms. The van der Waals surface area contributed by atoms with Gasteiger partial charge in [0.1, 0.15) is 5.82 Å². The van der Waals surface area contributed by atoms with Gasteiger partial charge in [-0.25, -0.2) is 4.39 Å². The predicted molar refractivity (Wildman–Crippen MR) is 82.4 cm³/mol. The number of nitrogens with one attached hydrogen (secondary N) is 1. The van der Waals surface area contributed by atoms with Gasteiger partial charge in [-0.05, 0) is 23.3 Å². The first-order valence-corrected chi connectivity index (χ1v) is 7.37. The van der Waals surface area contributed by atoms with E-state index >= 15 is 0 Å². The number of piperazine rings is 1. The number of aromatic nitrogens is 1. The van der Waals surface area contributed by atoms with E-state index in [1.54, 1.807) is 30.5 Å². The molecule has 2 amide bonds. The molecule has 3 rings (SSSR count). The molecule has 0 saturated carbocycles. The van der Waals surface area contributed by atoms with E-state index in [0.717, 1.165) is 5.56 Å². The van der Waals surface area contributed by atoms with E-state index in [1.807, 2.05) is 0 Å². The summed E-state index contributed by atoms with van der Waals surface area (Å²) in [6.45, 7) is 0.978. The van der Waals surface area contributed by atoms with Crippen molar-refractivity contribution in [2.75, 3.05) is 19.6 Å². The lowest BCUT2D eigenvalue weighted by molar-refractivity contribution is -0.123. The Morgan fingerprint density at radius 2 is 2.13 bits per heavy atom.